The Morgan fingerprint density at radius 1 is 1.00 bits per heavy atom. The number of rotatable bonds is 3. The minimum absolute atomic E-state index is 0.128. The van der Waals surface area contributed by atoms with E-state index in [1.54, 1.807) is 48.5 Å². The summed E-state index contributed by atoms with van der Waals surface area (Å²) in [5.74, 6) is -1.49. The SMILES string of the molecule is CC(=O)N(/C=C1\C(=O)NN=C(c2ccccc2)C1=O)c1ccccc1. The van der Waals surface area contributed by atoms with E-state index in [4.69, 9.17) is 0 Å². The van der Waals surface area contributed by atoms with Crippen molar-refractivity contribution in [1.82, 2.24) is 5.43 Å². The molecule has 0 unspecified atom stereocenters. The molecule has 0 radical (unpaired) electrons. The van der Waals surface area contributed by atoms with Gasteiger partial charge in [0.2, 0.25) is 11.7 Å². The number of anilines is 1. The van der Waals surface area contributed by atoms with Gasteiger partial charge < -0.3 is 0 Å². The summed E-state index contributed by atoms with van der Waals surface area (Å²) in [6.45, 7) is 1.36. The molecule has 0 aromatic heterocycles. The zero-order chi connectivity index (χ0) is 17.8. The molecule has 0 bridgehead atoms. The highest BCUT2D eigenvalue weighted by molar-refractivity contribution is 6.57. The predicted octanol–water partition coefficient (Wildman–Crippen LogP) is 2.03. The van der Waals surface area contributed by atoms with Crippen LogP contribution in [0.4, 0.5) is 5.69 Å². The third-order valence-electron chi connectivity index (χ3n) is 3.65. The molecule has 25 heavy (non-hydrogen) atoms. The highest BCUT2D eigenvalue weighted by atomic mass is 16.2. The number of carbonyl (C=O) groups excluding carboxylic acids is 3. The molecule has 1 aliphatic rings. The molecule has 1 heterocycles. The Morgan fingerprint density at radius 2 is 1.60 bits per heavy atom. The summed E-state index contributed by atoms with van der Waals surface area (Å²) in [6, 6.07) is 17.6. The van der Waals surface area contributed by atoms with Crippen molar-refractivity contribution in [3.63, 3.8) is 0 Å². The van der Waals surface area contributed by atoms with Crippen LogP contribution in [-0.4, -0.2) is 23.3 Å². The van der Waals surface area contributed by atoms with Gasteiger partial charge in [0.15, 0.2) is 0 Å². The van der Waals surface area contributed by atoms with Crippen molar-refractivity contribution in [1.29, 1.82) is 0 Å². The molecule has 0 fully saturated rings. The van der Waals surface area contributed by atoms with Crippen LogP contribution >= 0.6 is 0 Å². The number of Topliss-reactive ketones (excluding diaryl/α,β-unsaturated/α-hetero) is 1. The van der Waals surface area contributed by atoms with Crippen LogP contribution in [0.5, 0.6) is 0 Å². The van der Waals surface area contributed by atoms with Crippen molar-refractivity contribution in [3.05, 3.63) is 78.0 Å². The molecule has 3 rings (SSSR count). The van der Waals surface area contributed by atoms with Crippen LogP contribution in [0.1, 0.15) is 12.5 Å². The lowest BCUT2D eigenvalue weighted by molar-refractivity contribution is -0.121. The maximum Gasteiger partial charge on any atom is 0.276 e. The molecule has 0 aliphatic carbocycles. The quantitative estimate of drug-likeness (QED) is 0.689. The monoisotopic (exact) mass is 333 g/mol. The fourth-order valence-electron chi connectivity index (χ4n) is 2.42. The lowest BCUT2D eigenvalue weighted by Crippen LogP contribution is -2.38. The van der Waals surface area contributed by atoms with Gasteiger partial charge in [-0.05, 0) is 12.1 Å². The summed E-state index contributed by atoms with van der Waals surface area (Å²) in [7, 11) is 0. The second kappa shape index (κ2) is 6.92. The lowest BCUT2D eigenvalue weighted by Gasteiger charge is -2.20. The number of benzene rings is 2. The number of nitrogens with one attached hydrogen (secondary N) is 1. The summed E-state index contributed by atoms with van der Waals surface area (Å²) in [5, 5.41) is 3.86. The fourth-order valence-corrected chi connectivity index (χ4v) is 2.42. The molecule has 2 aromatic carbocycles. The van der Waals surface area contributed by atoms with Gasteiger partial charge in [-0.15, -0.1) is 0 Å². The molecule has 1 N–H and O–H groups in total. The first-order valence-electron chi connectivity index (χ1n) is 7.63. The van der Waals surface area contributed by atoms with Crippen molar-refractivity contribution in [3.8, 4) is 0 Å². The number of para-hydroxylation sites is 1. The molecule has 6 nitrogen and oxygen atoms in total. The highest BCUT2D eigenvalue weighted by Gasteiger charge is 2.30. The molecule has 2 aromatic rings. The minimum atomic E-state index is -0.646. The summed E-state index contributed by atoms with van der Waals surface area (Å²) >= 11 is 0. The molecule has 0 saturated carbocycles. The van der Waals surface area contributed by atoms with Gasteiger partial charge in [0, 0.05) is 24.4 Å². The average molecular weight is 333 g/mol. The number of nitrogens with zero attached hydrogens (tertiary/aromatic N) is 2. The Kier molecular flexibility index (Phi) is 4.52. The van der Waals surface area contributed by atoms with Gasteiger partial charge in [-0.1, -0.05) is 48.5 Å². The van der Waals surface area contributed by atoms with Gasteiger partial charge in [0.1, 0.15) is 11.3 Å². The topological polar surface area (TPSA) is 78.8 Å². The minimum Gasteiger partial charge on any atom is -0.287 e. The molecule has 1 aliphatic heterocycles. The third kappa shape index (κ3) is 3.37. The van der Waals surface area contributed by atoms with E-state index in [2.05, 4.69) is 10.5 Å². The molecule has 0 saturated heterocycles. The summed E-state index contributed by atoms with van der Waals surface area (Å²) in [4.78, 5) is 38.1. The van der Waals surface area contributed by atoms with Crippen molar-refractivity contribution < 1.29 is 14.4 Å². The second-order valence-corrected chi connectivity index (χ2v) is 5.36. The van der Waals surface area contributed by atoms with Gasteiger partial charge in [-0.3, -0.25) is 19.3 Å². The van der Waals surface area contributed by atoms with Crippen LogP contribution in [0, 0.1) is 0 Å². The number of hydrogen-bond acceptors (Lipinski definition) is 4. The van der Waals surface area contributed by atoms with E-state index in [1.807, 2.05) is 12.1 Å². The molecular weight excluding hydrogens is 318 g/mol. The van der Waals surface area contributed by atoms with Gasteiger partial charge in [0.05, 0.1) is 0 Å². The normalized spacial score (nSPS) is 15.6. The predicted molar refractivity (Wildman–Crippen MR) is 93.8 cm³/mol. The maximum atomic E-state index is 12.7. The van der Waals surface area contributed by atoms with E-state index in [0.717, 1.165) is 0 Å². The Labute approximate surface area is 144 Å². The van der Waals surface area contributed by atoms with Gasteiger partial charge in [0.25, 0.3) is 5.91 Å². The first-order valence-corrected chi connectivity index (χ1v) is 7.63. The van der Waals surface area contributed by atoms with Crippen molar-refractivity contribution in [2.24, 2.45) is 5.10 Å². The number of ketones is 1. The van der Waals surface area contributed by atoms with Crippen LogP contribution in [0.2, 0.25) is 0 Å². The molecular formula is C19H15N3O3. The first-order chi connectivity index (χ1) is 12.1. The zero-order valence-electron chi connectivity index (χ0n) is 13.5. The first kappa shape index (κ1) is 16.3. The van der Waals surface area contributed by atoms with Gasteiger partial charge >= 0.3 is 0 Å². The second-order valence-electron chi connectivity index (χ2n) is 5.36. The Balaban J connectivity index is 2.01. The van der Waals surface area contributed by atoms with E-state index in [-0.39, 0.29) is 17.2 Å². The molecule has 124 valence electrons. The van der Waals surface area contributed by atoms with Gasteiger partial charge in [-0.25, -0.2) is 5.43 Å². The number of carbonyl (C=O) groups is 3. The third-order valence-corrected chi connectivity index (χ3v) is 3.65. The molecule has 2 amide bonds. The summed E-state index contributed by atoms with van der Waals surface area (Å²) < 4.78 is 0. The van der Waals surface area contributed by atoms with E-state index in [0.29, 0.717) is 11.3 Å². The fraction of sp³-hybridized carbons (Fsp3) is 0.0526. The summed E-state index contributed by atoms with van der Waals surface area (Å²) in [5.41, 5.74) is 3.46. The van der Waals surface area contributed by atoms with Crippen LogP contribution in [0.15, 0.2) is 77.5 Å². The standard InChI is InChI=1S/C19H15N3O3/c1-13(23)22(15-10-6-3-7-11-15)12-16-18(24)17(20-21-19(16)25)14-8-4-2-5-9-14/h2-12H,1H3,(H,21,25)/b16-12-. The van der Waals surface area contributed by atoms with Crippen LogP contribution in [-0.2, 0) is 14.4 Å². The molecule has 0 spiro atoms. The summed E-state index contributed by atoms with van der Waals surface area (Å²) in [6.07, 6.45) is 1.26. The smallest absolute Gasteiger partial charge is 0.276 e. The Morgan fingerprint density at radius 3 is 2.20 bits per heavy atom. The van der Waals surface area contributed by atoms with Crippen molar-refractivity contribution in [2.45, 2.75) is 6.92 Å². The Bertz CT molecular complexity index is 887. The van der Waals surface area contributed by atoms with Gasteiger partial charge in [-0.2, -0.15) is 5.10 Å². The maximum absolute atomic E-state index is 12.7. The average Bonchev–Trinajstić information content (AvgIpc) is 2.63. The van der Waals surface area contributed by atoms with E-state index in [1.165, 1.54) is 18.0 Å². The van der Waals surface area contributed by atoms with Crippen molar-refractivity contribution >= 4 is 29.0 Å². The Hall–Kier alpha value is -3.54. The number of hydrogen-bond donors (Lipinski definition) is 1. The van der Waals surface area contributed by atoms with E-state index >= 15 is 0 Å². The van der Waals surface area contributed by atoms with Crippen LogP contribution < -0.4 is 10.3 Å². The number of hydrazone groups is 1. The zero-order valence-corrected chi connectivity index (χ0v) is 13.5. The lowest BCUT2D eigenvalue weighted by atomic mass is 9.99. The van der Waals surface area contributed by atoms with Crippen LogP contribution in [0.3, 0.4) is 0 Å². The number of amides is 2. The van der Waals surface area contributed by atoms with Crippen molar-refractivity contribution in [2.75, 3.05) is 4.90 Å². The van der Waals surface area contributed by atoms with E-state index in [9.17, 15) is 14.4 Å². The van der Waals surface area contributed by atoms with Crippen LogP contribution in [0.25, 0.3) is 0 Å². The molecule has 0 atom stereocenters. The molecule has 6 heteroatoms. The van der Waals surface area contributed by atoms with E-state index < -0.39 is 11.7 Å². The largest absolute Gasteiger partial charge is 0.287 e. The highest BCUT2D eigenvalue weighted by Crippen LogP contribution is 2.18.